The van der Waals surface area contributed by atoms with Crippen LogP contribution >= 0.6 is 0 Å². The minimum Gasteiger partial charge on any atom is -0.335 e. The van der Waals surface area contributed by atoms with Crippen molar-refractivity contribution in [1.82, 2.24) is 4.90 Å². The van der Waals surface area contributed by atoms with Crippen molar-refractivity contribution in [2.24, 2.45) is 5.14 Å². The highest BCUT2D eigenvalue weighted by atomic mass is 32.2. The second-order valence-electron chi connectivity index (χ2n) is 6.64. The number of nitrogens with zero attached hydrogens (tertiary/aromatic N) is 1. The molecule has 0 aromatic heterocycles. The summed E-state index contributed by atoms with van der Waals surface area (Å²) in [5.74, 6) is -0.143. The number of carbonyl (C=O) groups is 1. The van der Waals surface area contributed by atoms with E-state index in [1.54, 1.807) is 30.2 Å². The molecule has 3 aromatic carbocycles. The first kappa shape index (κ1) is 19.8. The quantitative estimate of drug-likeness (QED) is 0.670. The molecule has 0 bridgehead atoms. The molecule has 0 saturated carbocycles. The van der Waals surface area contributed by atoms with Crippen molar-refractivity contribution in [3.05, 3.63) is 83.9 Å². The van der Waals surface area contributed by atoms with Gasteiger partial charge < -0.3 is 4.90 Å². The molecule has 0 aliphatic heterocycles. The summed E-state index contributed by atoms with van der Waals surface area (Å²) in [5, 5.41) is 7.33. The van der Waals surface area contributed by atoms with Gasteiger partial charge in [-0.3, -0.25) is 4.79 Å². The van der Waals surface area contributed by atoms with Gasteiger partial charge in [-0.25, -0.2) is 13.6 Å². The molecule has 28 heavy (non-hydrogen) atoms. The topological polar surface area (TPSA) is 80.5 Å². The minimum absolute atomic E-state index is 0.0493. The van der Waals surface area contributed by atoms with E-state index >= 15 is 0 Å². The summed E-state index contributed by atoms with van der Waals surface area (Å²) in [6.07, 6.45) is 3.37. The van der Waals surface area contributed by atoms with Crippen LogP contribution < -0.4 is 5.14 Å². The van der Waals surface area contributed by atoms with Crippen LogP contribution in [0.3, 0.4) is 0 Å². The summed E-state index contributed by atoms with van der Waals surface area (Å²) in [5.41, 5.74) is 1.80. The maximum atomic E-state index is 12.6. The molecule has 1 unspecified atom stereocenters. The molecule has 6 heteroatoms. The highest BCUT2D eigenvalue weighted by molar-refractivity contribution is 7.89. The highest BCUT2D eigenvalue weighted by Gasteiger charge is 2.16. The molecule has 2 N–H and O–H groups in total. The Morgan fingerprint density at radius 3 is 2.32 bits per heavy atom. The van der Waals surface area contributed by atoms with Crippen molar-refractivity contribution in [2.45, 2.75) is 17.9 Å². The molecule has 1 atom stereocenters. The monoisotopic (exact) mass is 394 g/mol. The number of sulfonamides is 1. The van der Waals surface area contributed by atoms with E-state index < -0.39 is 10.0 Å². The number of hydrogen-bond acceptors (Lipinski definition) is 3. The minimum atomic E-state index is -3.73. The second kappa shape index (κ2) is 7.96. The molecule has 3 aromatic rings. The van der Waals surface area contributed by atoms with Crippen LogP contribution in [-0.2, 0) is 14.8 Å². The Balaban J connectivity index is 1.77. The zero-order valence-corrected chi connectivity index (χ0v) is 16.6. The van der Waals surface area contributed by atoms with Crippen LogP contribution in [0.25, 0.3) is 16.8 Å². The van der Waals surface area contributed by atoms with Crippen molar-refractivity contribution >= 4 is 32.8 Å². The van der Waals surface area contributed by atoms with E-state index in [2.05, 4.69) is 0 Å². The predicted molar refractivity (Wildman–Crippen MR) is 112 cm³/mol. The standard InChI is InChI=1S/C22H22N2O3S/c1-16(17-10-13-20(14-11-17)28(23,26)27)24(2)22(25)15-12-19-8-5-7-18-6-3-4-9-21(18)19/h3-16H,1-2H3,(H2,23,26,27)/b15-12+. The molecule has 0 spiro atoms. The van der Waals surface area contributed by atoms with Gasteiger partial charge in [0.25, 0.3) is 0 Å². The van der Waals surface area contributed by atoms with Crippen LogP contribution in [0.5, 0.6) is 0 Å². The summed E-state index contributed by atoms with van der Waals surface area (Å²) >= 11 is 0. The number of amides is 1. The van der Waals surface area contributed by atoms with Gasteiger partial charge in [0.15, 0.2) is 0 Å². The van der Waals surface area contributed by atoms with E-state index in [0.29, 0.717) is 0 Å². The predicted octanol–water partition coefficient (Wildman–Crippen LogP) is 3.72. The molecule has 0 radical (unpaired) electrons. The third-order valence-corrected chi connectivity index (χ3v) is 5.78. The van der Waals surface area contributed by atoms with E-state index in [4.69, 9.17) is 5.14 Å². The van der Waals surface area contributed by atoms with Gasteiger partial charge in [0.1, 0.15) is 0 Å². The van der Waals surface area contributed by atoms with Gasteiger partial charge in [0, 0.05) is 13.1 Å². The van der Waals surface area contributed by atoms with Gasteiger partial charge in [-0.1, -0.05) is 54.6 Å². The van der Waals surface area contributed by atoms with Crippen molar-refractivity contribution in [3.8, 4) is 0 Å². The smallest absolute Gasteiger partial charge is 0.246 e. The summed E-state index contributed by atoms with van der Waals surface area (Å²) in [4.78, 5) is 14.3. The number of hydrogen-bond donors (Lipinski definition) is 1. The first-order chi connectivity index (χ1) is 13.3. The fourth-order valence-corrected chi connectivity index (χ4v) is 3.54. The molecule has 5 nitrogen and oxygen atoms in total. The van der Waals surface area contributed by atoms with Crippen molar-refractivity contribution in [3.63, 3.8) is 0 Å². The summed E-state index contributed by atoms with van der Waals surface area (Å²) < 4.78 is 22.7. The fourth-order valence-electron chi connectivity index (χ4n) is 3.02. The van der Waals surface area contributed by atoms with Gasteiger partial charge in [-0.15, -0.1) is 0 Å². The molecular weight excluding hydrogens is 372 g/mol. The van der Waals surface area contributed by atoms with E-state index in [-0.39, 0.29) is 16.8 Å². The Morgan fingerprint density at radius 1 is 1.00 bits per heavy atom. The van der Waals surface area contributed by atoms with Crippen LogP contribution in [0, 0.1) is 0 Å². The highest BCUT2D eigenvalue weighted by Crippen LogP contribution is 2.22. The molecule has 1 amide bonds. The SMILES string of the molecule is CC(c1ccc(S(N)(=O)=O)cc1)N(C)C(=O)/C=C/c1cccc2ccccc12. The number of primary sulfonamides is 1. The first-order valence-corrected chi connectivity index (χ1v) is 10.4. The zero-order valence-electron chi connectivity index (χ0n) is 15.7. The maximum absolute atomic E-state index is 12.6. The molecule has 0 saturated heterocycles. The third kappa shape index (κ3) is 4.30. The Morgan fingerprint density at radius 2 is 1.64 bits per heavy atom. The van der Waals surface area contributed by atoms with E-state index in [0.717, 1.165) is 21.9 Å². The van der Waals surface area contributed by atoms with Crippen LogP contribution in [-0.4, -0.2) is 26.3 Å². The second-order valence-corrected chi connectivity index (χ2v) is 8.20. The number of benzene rings is 3. The van der Waals surface area contributed by atoms with E-state index in [1.807, 2.05) is 55.5 Å². The number of fused-ring (bicyclic) bond motifs is 1. The molecular formula is C22H22N2O3S. The Hall–Kier alpha value is -2.96. The van der Waals surface area contributed by atoms with Gasteiger partial charge >= 0.3 is 0 Å². The zero-order chi connectivity index (χ0) is 20.3. The van der Waals surface area contributed by atoms with E-state index in [1.165, 1.54) is 12.1 Å². The first-order valence-electron chi connectivity index (χ1n) is 8.83. The van der Waals surface area contributed by atoms with Crippen molar-refractivity contribution in [2.75, 3.05) is 7.05 Å². The molecule has 144 valence electrons. The number of likely N-dealkylation sites (N-methyl/N-ethyl adjacent to an activating group) is 1. The van der Waals surface area contributed by atoms with Crippen LogP contribution in [0.4, 0.5) is 0 Å². The van der Waals surface area contributed by atoms with Crippen LogP contribution in [0.1, 0.15) is 24.1 Å². The summed E-state index contributed by atoms with van der Waals surface area (Å²) in [7, 11) is -2.01. The molecule has 0 fully saturated rings. The molecule has 0 aliphatic carbocycles. The van der Waals surface area contributed by atoms with Crippen molar-refractivity contribution < 1.29 is 13.2 Å². The maximum Gasteiger partial charge on any atom is 0.246 e. The lowest BCUT2D eigenvalue weighted by molar-refractivity contribution is -0.126. The lowest BCUT2D eigenvalue weighted by Gasteiger charge is -2.24. The summed E-state index contributed by atoms with van der Waals surface area (Å²) in [6, 6.07) is 20.0. The van der Waals surface area contributed by atoms with Crippen LogP contribution in [0.2, 0.25) is 0 Å². The summed E-state index contributed by atoms with van der Waals surface area (Å²) in [6.45, 7) is 1.88. The number of rotatable bonds is 5. The average Bonchev–Trinajstić information content (AvgIpc) is 2.70. The Kier molecular flexibility index (Phi) is 5.63. The Bertz CT molecular complexity index is 1130. The van der Waals surface area contributed by atoms with E-state index in [9.17, 15) is 13.2 Å². The van der Waals surface area contributed by atoms with Crippen molar-refractivity contribution in [1.29, 1.82) is 0 Å². The van der Waals surface area contributed by atoms with Crippen LogP contribution in [0.15, 0.2) is 77.7 Å². The normalized spacial score (nSPS) is 13.0. The average molecular weight is 394 g/mol. The lowest BCUT2D eigenvalue weighted by atomic mass is 10.0. The Labute approximate surface area is 165 Å². The molecule has 0 aliphatic rings. The number of nitrogens with two attached hydrogens (primary N) is 1. The fraction of sp³-hybridized carbons (Fsp3) is 0.136. The lowest BCUT2D eigenvalue weighted by Crippen LogP contribution is -2.28. The van der Waals surface area contributed by atoms with Gasteiger partial charge in [0.05, 0.1) is 10.9 Å². The number of carbonyl (C=O) groups excluding carboxylic acids is 1. The molecule has 0 heterocycles. The largest absolute Gasteiger partial charge is 0.335 e. The van der Waals surface area contributed by atoms with Gasteiger partial charge in [-0.2, -0.15) is 0 Å². The molecule has 3 rings (SSSR count). The third-order valence-electron chi connectivity index (χ3n) is 4.85. The van der Waals surface area contributed by atoms with Gasteiger partial charge in [-0.05, 0) is 47.0 Å². The van der Waals surface area contributed by atoms with Gasteiger partial charge in [0.2, 0.25) is 15.9 Å².